The maximum absolute atomic E-state index is 11.5. The lowest BCUT2D eigenvalue weighted by molar-refractivity contribution is -0.137. The van der Waals surface area contributed by atoms with E-state index >= 15 is 0 Å². The molecule has 1 aromatic carbocycles. The molecule has 0 amide bonds. The molecule has 0 aliphatic rings. The monoisotopic (exact) mass is 269 g/mol. The van der Waals surface area contributed by atoms with Crippen molar-refractivity contribution in [3.05, 3.63) is 23.8 Å². The van der Waals surface area contributed by atoms with E-state index in [2.05, 4.69) is 9.46 Å². The first-order chi connectivity index (χ1) is 8.38. The van der Waals surface area contributed by atoms with E-state index < -0.39 is 21.7 Å². The topological polar surface area (TPSA) is 122 Å². The smallest absolute Gasteiger partial charge is 0.322 e. The van der Waals surface area contributed by atoms with Crippen molar-refractivity contribution in [3.63, 3.8) is 0 Å². The van der Waals surface area contributed by atoms with Gasteiger partial charge in [-0.2, -0.15) is 5.26 Å². The number of hydrogen-bond acceptors (Lipinski definition) is 6. The summed E-state index contributed by atoms with van der Waals surface area (Å²) in [6.07, 6.45) is 0. The van der Waals surface area contributed by atoms with Crippen LogP contribution in [-0.2, 0) is 19.6 Å². The van der Waals surface area contributed by atoms with Gasteiger partial charge < -0.3 is 10.5 Å². The summed E-state index contributed by atoms with van der Waals surface area (Å²) >= 11 is 0. The first-order valence-electron chi connectivity index (χ1n) is 4.75. The molecule has 96 valence electrons. The molecule has 0 spiro atoms. The SMILES string of the molecule is COC(=O)CS(=O)(=O)Nc1ccc(C#N)cc1N. The number of methoxy groups -OCH3 is 1. The highest BCUT2D eigenvalue weighted by atomic mass is 32.2. The molecule has 0 aliphatic heterocycles. The van der Waals surface area contributed by atoms with E-state index in [0.29, 0.717) is 5.56 Å². The van der Waals surface area contributed by atoms with E-state index in [1.54, 1.807) is 0 Å². The number of nitriles is 1. The largest absolute Gasteiger partial charge is 0.468 e. The van der Waals surface area contributed by atoms with Crippen molar-refractivity contribution in [1.82, 2.24) is 0 Å². The number of esters is 1. The van der Waals surface area contributed by atoms with Gasteiger partial charge in [0.1, 0.15) is 0 Å². The molecule has 0 aromatic heterocycles. The molecule has 0 atom stereocenters. The predicted molar refractivity (Wildman–Crippen MR) is 65.0 cm³/mol. The molecule has 7 nitrogen and oxygen atoms in total. The average Bonchev–Trinajstić information content (AvgIpc) is 2.30. The first kappa shape index (κ1) is 13.8. The molecule has 18 heavy (non-hydrogen) atoms. The maximum Gasteiger partial charge on any atom is 0.322 e. The third kappa shape index (κ3) is 3.64. The number of carbonyl (C=O) groups excluding carboxylic acids is 1. The lowest BCUT2D eigenvalue weighted by Crippen LogP contribution is -2.24. The Balaban J connectivity index is 2.92. The second-order valence-electron chi connectivity index (χ2n) is 3.35. The predicted octanol–water partition coefficient (Wildman–Crippen LogP) is 0.0552. The van der Waals surface area contributed by atoms with Gasteiger partial charge in [-0.25, -0.2) is 8.42 Å². The van der Waals surface area contributed by atoms with E-state index in [9.17, 15) is 13.2 Å². The summed E-state index contributed by atoms with van der Waals surface area (Å²) < 4.78 is 29.5. The zero-order valence-electron chi connectivity index (χ0n) is 9.50. The molecule has 0 bridgehead atoms. The van der Waals surface area contributed by atoms with Gasteiger partial charge in [-0.15, -0.1) is 0 Å². The summed E-state index contributed by atoms with van der Waals surface area (Å²) in [7, 11) is -2.78. The number of rotatable bonds is 4. The van der Waals surface area contributed by atoms with Crippen molar-refractivity contribution in [2.75, 3.05) is 23.3 Å². The van der Waals surface area contributed by atoms with Gasteiger partial charge >= 0.3 is 5.97 Å². The van der Waals surface area contributed by atoms with Gasteiger partial charge in [-0.3, -0.25) is 9.52 Å². The van der Waals surface area contributed by atoms with Crippen molar-refractivity contribution < 1.29 is 17.9 Å². The van der Waals surface area contributed by atoms with E-state index in [1.807, 2.05) is 6.07 Å². The Morgan fingerprint density at radius 2 is 2.22 bits per heavy atom. The van der Waals surface area contributed by atoms with Crippen molar-refractivity contribution in [2.45, 2.75) is 0 Å². The Bertz CT molecular complexity index is 604. The summed E-state index contributed by atoms with van der Waals surface area (Å²) in [5.74, 6) is -1.68. The number of carbonyl (C=O) groups is 1. The fraction of sp³-hybridized carbons (Fsp3) is 0.200. The van der Waals surface area contributed by atoms with E-state index in [0.717, 1.165) is 7.11 Å². The molecule has 0 heterocycles. The molecule has 1 rings (SSSR count). The highest BCUT2D eigenvalue weighted by Crippen LogP contribution is 2.20. The van der Waals surface area contributed by atoms with Crippen LogP contribution >= 0.6 is 0 Å². The van der Waals surface area contributed by atoms with Gasteiger partial charge in [-0.1, -0.05) is 0 Å². The van der Waals surface area contributed by atoms with Crippen LogP contribution in [0.4, 0.5) is 11.4 Å². The Morgan fingerprint density at radius 3 is 2.72 bits per heavy atom. The van der Waals surface area contributed by atoms with Gasteiger partial charge in [0.25, 0.3) is 0 Å². The van der Waals surface area contributed by atoms with Crippen LogP contribution in [0.5, 0.6) is 0 Å². The van der Waals surface area contributed by atoms with E-state index in [-0.39, 0.29) is 11.4 Å². The lowest BCUT2D eigenvalue weighted by atomic mass is 10.2. The molecule has 0 aliphatic carbocycles. The van der Waals surface area contributed by atoms with Gasteiger partial charge in [0, 0.05) is 0 Å². The number of nitrogens with one attached hydrogen (secondary N) is 1. The first-order valence-corrected chi connectivity index (χ1v) is 6.40. The summed E-state index contributed by atoms with van der Waals surface area (Å²) in [5.41, 5.74) is 6.09. The number of sulfonamides is 1. The van der Waals surface area contributed by atoms with E-state index in [4.69, 9.17) is 11.0 Å². The van der Waals surface area contributed by atoms with Crippen LogP contribution in [0.1, 0.15) is 5.56 Å². The number of hydrogen-bond donors (Lipinski definition) is 2. The van der Waals surface area contributed by atoms with Gasteiger partial charge in [-0.05, 0) is 18.2 Å². The zero-order chi connectivity index (χ0) is 13.8. The summed E-state index contributed by atoms with van der Waals surface area (Å²) in [5, 5.41) is 8.63. The lowest BCUT2D eigenvalue weighted by Gasteiger charge is -2.09. The molecule has 3 N–H and O–H groups in total. The minimum Gasteiger partial charge on any atom is -0.468 e. The normalized spacial score (nSPS) is 10.4. The molecule has 0 radical (unpaired) electrons. The number of ether oxygens (including phenoxy) is 1. The highest BCUT2D eigenvalue weighted by molar-refractivity contribution is 7.93. The van der Waals surface area contributed by atoms with Crippen molar-refractivity contribution in [2.24, 2.45) is 0 Å². The minimum atomic E-state index is -3.88. The minimum absolute atomic E-state index is 0.0995. The second-order valence-corrected chi connectivity index (χ2v) is 5.07. The van der Waals surface area contributed by atoms with Gasteiger partial charge in [0.15, 0.2) is 5.75 Å². The third-order valence-electron chi connectivity index (χ3n) is 1.98. The van der Waals surface area contributed by atoms with Gasteiger partial charge in [0.2, 0.25) is 10.0 Å². The Hall–Kier alpha value is -2.27. The summed E-state index contributed by atoms with van der Waals surface area (Å²) in [6.45, 7) is 0. The molecule has 0 fully saturated rings. The number of nitrogens with zero attached hydrogens (tertiary/aromatic N) is 1. The molecule has 0 saturated carbocycles. The maximum atomic E-state index is 11.5. The van der Waals surface area contributed by atoms with Crippen molar-refractivity contribution in [1.29, 1.82) is 5.26 Å². The molecular formula is C10H11N3O4S. The standard InChI is InChI=1S/C10H11N3O4S/c1-17-10(14)6-18(15,16)13-9-3-2-7(5-11)4-8(9)12/h2-4,13H,6,12H2,1H3. The number of benzene rings is 1. The molecule has 0 unspecified atom stereocenters. The molecule has 1 aromatic rings. The summed E-state index contributed by atoms with van der Waals surface area (Å²) in [6, 6.07) is 5.96. The average molecular weight is 269 g/mol. The van der Waals surface area contributed by atoms with Crippen molar-refractivity contribution in [3.8, 4) is 6.07 Å². The highest BCUT2D eigenvalue weighted by Gasteiger charge is 2.17. The van der Waals surface area contributed by atoms with Crippen LogP contribution in [0.25, 0.3) is 0 Å². The fourth-order valence-electron chi connectivity index (χ4n) is 1.14. The zero-order valence-corrected chi connectivity index (χ0v) is 10.3. The number of nitrogens with two attached hydrogens (primary N) is 1. The number of nitrogen functional groups attached to an aromatic ring is 1. The summed E-state index contributed by atoms with van der Waals surface area (Å²) in [4.78, 5) is 10.9. The van der Waals surface area contributed by atoms with Crippen LogP contribution < -0.4 is 10.5 Å². The van der Waals surface area contributed by atoms with Gasteiger partial charge in [0.05, 0.1) is 30.1 Å². The molecular weight excluding hydrogens is 258 g/mol. The molecule has 0 saturated heterocycles. The van der Waals surface area contributed by atoms with Crippen LogP contribution in [0.15, 0.2) is 18.2 Å². The quantitative estimate of drug-likeness (QED) is 0.588. The van der Waals surface area contributed by atoms with Crippen LogP contribution in [-0.4, -0.2) is 27.2 Å². The van der Waals surface area contributed by atoms with Crippen molar-refractivity contribution >= 4 is 27.4 Å². The molecule has 8 heteroatoms. The van der Waals surface area contributed by atoms with Crippen LogP contribution in [0.3, 0.4) is 0 Å². The fourth-order valence-corrected chi connectivity index (χ4v) is 2.16. The van der Waals surface area contributed by atoms with E-state index in [1.165, 1.54) is 18.2 Å². The Labute approximate surface area is 104 Å². The van der Waals surface area contributed by atoms with Crippen LogP contribution in [0.2, 0.25) is 0 Å². The Kier molecular flexibility index (Phi) is 4.12. The Morgan fingerprint density at radius 1 is 1.56 bits per heavy atom. The van der Waals surface area contributed by atoms with Crippen LogP contribution in [0, 0.1) is 11.3 Å². The second kappa shape index (κ2) is 5.37. The number of anilines is 2. The third-order valence-corrected chi connectivity index (χ3v) is 3.13.